The Balaban J connectivity index is 1.55. The lowest BCUT2D eigenvalue weighted by Gasteiger charge is -2.31. The molecular formula is C14H15F3N6O. The van der Waals surface area contributed by atoms with Crippen LogP contribution in [0, 0.1) is 5.92 Å². The maximum absolute atomic E-state index is 12.5. The molecule has 1 amide bonds. The summed E-state index contributed by atoms with van der Waals surface area (Å²) in [4.78, 5) is 22.4. The molecule has 128 valence electrons. The van der Waals surface area contributed by atoms with Crippen LogP contribution >= 0.6 is 0 Å². The molecule has 0 aliphatic carbocycles. The summed E-state index contributed by atoms with van der Waals surface area (Å²) in [5, 5.41) is 7.77. The van der Waals surface area contributed by atoms with E-state index in [1.165, 1.54) is 0 Å². The lowest BCUT2D eigenvalue weighted by Crippen LogP contribution is -2.38. The summed E-state index contributed by atoms with van der Waals surface area (Å²) in [5.41, 5.74) is -0.990. The normalized spacial score (nSPS) is 16.2. The van der Waals surface area contributed by atoms with Gasteiger partial charge in [0.15, 0.2) is 5.82 Å². The van der Waals surface area contributed by atoms with Crippen molar-refractivity contribution in [2.75, 3.05) is 23.3 Å². The molecule has 0 aromatic carbocycles. The van der Waals surface area contributed by atoms with Crippen LogP contribution < -0.4 is 10.2 Å². The number of nitrogens with one attached hydrogen (secondary N) is 2. The average Bonchev–Trinajstić information content (AvgIpc) is 3.05. The predicted octanol–water partition coefficient (Wildman–Crippen LogP) is 2.07. The summed E-state index contributed by atoms with van der Waals surface area (Å²) >= 11 is 0. The Kier molecular flexibility index (Phi) is 4.36. The Bertz CT molecular complexity index is 694. The van der Waals surface area contributed by atoms with Crippen molar-refractivity contribution >= 4 is 17.5 Å². The molecule has 0 spiro atoms. The van der Waals surface area contributed by atoms with Gasteiger partial charge in [0.1, 0.15) is 11.5 Å². The lowest BCUT2D eigenvalue weighted by molar-refractivity contribution is -0.141. The number of rotatable bonds is 3. The molecule has 0 saturated carbocycles. The van der Waals surface area contributed by atoms with Gasteiger partial charge >= 0.3 is 6.18 Å². The molecule has 10 heteroatoms. The molecule has 1 aliphatic rings. The molecule has 2 aromatic heterocycles. The highest BCUT2D eigenvalue weighted by atomic mass is 19.4. The molecule has 0 atom stereocenters. The molecule has 2 N–H and O–H groups in total. The molecule has 1 fully saturated rings. The van der Waals surface area contributed by atoms with Crippen molar-refractivity contribution < 1.29 is 18.0 Å². The van der Waals surface area contributed by atoms with Gasteiger partial charge in [-0.05, 0) is 12.8 Å². The first-order valence-corrected chi connectivity index (χ1v) is 7.38. The lowest BCUT2D eigenvalue weighted by atomic mass is 9.96. The van der Waals surface area contributed by atoms with Gasteiger partial charge in [-0.25, -0.2) is 4.98 Å². The number of carbonyl (C=O) groups excluding carboxylic acids is 1. The first-order chi connectivity index (χ1) is 11.4. The van der Waals surface area contributed by atoms with Crippen LogP contribution in [-0.4, -0.2) is 39.2 Å². The minimum atomic E-state index is -4.52. The fourth-order valence-corrected chi connectivity index (χ4v) is 2.58. The molecule has 0 bridgehead atoms. The van der Waals surface area contributed by atoms with Crippen LogP contribution in [0.25, 0.3) is 0 Å². The minimum absolute atomic E-state index is 0.122. The van der Waals surface area contributed by atoms with Crippen LogP contribution in [0.3, 0.4) is 0 Å². The number of hydrogen-bond donors (Lipinski definition) is 2. The van der Waals surface area contributed by atoms with E-state index in [0.717, 1.165) is 11.9 Å². The van der Waals surface area contributed by atoms with Crippen LogP contribution in [0.4, 0.5) is 24.8 Å². The summed E-state index contributed by atoms with van der Waals surface area (Å²) in [5.74, 6) is 0.0279. The predicted molar refractivity (Wildman–Crippen MR) is 79.2 cm³/mol. The summed E-state index contributed by atoms with van der Waals surface area (Å²) in [6, 6.07) is 0.784. The summed E-state index contributed by atoms with van der Waals surface area (Å²) < 4.78 is 37.5. The number of alkyl halides is 3. The number of piperidine rings is 1. The molecule has 0 radical (unpaired) electrons. The van der Waals surface area contributed by atoms with Gasteiger partial charge in [0.05, 0.1) is 6.20 Å². The first kappa shape index (κ1) is 16.2. The number of hydrogen-bond acceptors (Lipinski definition) is 5. The second kappa shape index (κ2) is 6.46. The molecule has 7 nitrogen and oxygen atoms in total. The fourth-order valence-electron chi connectivity index (χ4n) is 2.58. The van der Waals surface area contributed by atoms with E-state index in [1.54, 1.807) is 18.6 Å². The van der Waals surface area contributed by atoms with Crippen molar-refractivity contribution in [3.8, 4) is 0 Å². The van der Waals surface area contributed by atoms with Gasteiger partial charge in [-0.3, -0.25) is 14.9 Å². The third kappa shape index (κ3) is 3.63. The Hall–Kier alpha value is -2.65. The first-order valence-electron chi connectivity index (χ1n) is 7.38. The molecule has 1 aliphatic heterocycles. The Morgan fingerprint density at radius 2 is 2.04 bits per heavy atom. The van der Waals surface area contributed by atoms with Gasteiger partial charge < -0.3 is 10.2 Å². The van der Waals surface area contributed by atoms with Crippen LogP contribution in [0.1, 0.15) is 18.5 Å². The van der Waals surface area contributed by atoms with Crippen LogP contribution in [0.5, 0.6) is 0 Å². The van der Waals surface area contributed by atoms with E-state index < -0.39 is 11.9 Å². The third-order valence-electron chi connectivity index (χ3n) is 3.87. The van der Waals surface area contributed by atoms with E-state index in [1.807, 2.05) is 10.00 Å². The largest absolute Gasteiger partial charge is 0.432 e. The van der Waals surface area contributed by atoms with Crippen molar-refractivity contribution in [1.29, 1.82) is 0 Å². The van der Waals surface area contributed by atoms with Crippen molar-refractivity contribution in [2.24, 2.45) is 5.92 Å². The van der Waals surface area contributed by atoms with Crippen LogP contribution in [-0.2, 0) is 11.0 Å². The van der Waals surface area contributed by atoms with Gasteiger partial charge in [-0.1, -0.05) is 0 Å². The summed E-state index contributed by atoms with van der Waals surface area (Å²) in [6.07, 6.45) is 1.49. The van der Waals surface area contributed by atoms with E-state index in [9.17, 15) is 18.0 Å². The third-order valence-corrected chi connectivity index (χ3v) is 3.87. The van der Waals surface area contributed by atoms with E-state index >= 15 is 0 Å². The van der Waals surface area contributed by atoms with Gasteiger partial charge in [-0.2, -0.15) is 18.3 Å². The van der Waals surface area contributed by atoms with Crippen LogP contribution in [0.2, 0.25) is 0 Å². The molecule has 3 rings (SSSR count). The topological polar surface area (TPSA) is 86.8 Å². The second-order valence-corrected chi connectivity index (χ2v) is 5.48. The van der Waals surface area contributed by atoms with E-state index in [0.29, 0.717) is 25.9 Å². The Labute approximate surface area is 135 Å². The quantitative estimate of drug-likeness (QED) is 0.893. The maximum Gasteiger partial charge on any atom is 0.432 e. The van der Waals surface area contributed by atoms with E-state index in [2.05, 4.69) is 20.4 Å². The van der Waals surface area contributed by atoms with Gasteiger partial charge in [0, 0.05) is 37.5 Å². The number of nitrogens with zero attached hydrogens (tertiary/aromatic N) is 4. The SMILES string of the molecule is O=C(Nc1cc(C(F)(F)F)[nH]n1)C1CCN(c2cnccn2)CC1. The number of anilines is 2. The van der Waals surface area contributed by atoms with Crippen molar-refractivity contribution in [1.82, 2.24) is 20.2 Å². The Morgan fingerprint density at radius 1 is 1.29 bits per heavy atom. The van der Waals surface area contributed by atoms with Gasteiger partial charge in [0.25, 0.3) is 0 Å². The Morgan fingerprint density at radius 3 is 2.62 bits per heavy atom. The molecule has 1 saturated heterocycles. The molecule has 3 heterocycles. The van der Waals surface area contributed by atoms with E-state index in [-0.39, 0.29) is 17.6 Å². The smallest absolute Gasteiger partial charge is 0.355 e. The zero-order chi connectivity index (χ0) is 17.2. The highest BCUT2D eigenvalue weighted by Gasteiger charge is 2.33. The standard InChI is InChI=1S/C14H15F3N6O/c15-14(16,17)10-7-11(22-21-10)20-13(24)9-1-5-23(6-2-9)12-8-18-3-4-19-12/h3-4,7-9H,1-2,5-6H2,(H2,20,21,22,24). The fraction of sp³-hybridized carbons (Fsp3) is 0.429. The number of amides is 1. The van der Waals surface area contributed by atoms with Crippen molar-refractivity contribution in [3.63, 3.8) is 0 Å². The molecule has 24 heavy (non-hydrogen) atoms. The number of aromatic nitrogens is 4. The monoisotopic (exact) mass is 340 g/mol. The second-order valence-electron chi connectivity index (χ2n) is 5.48. The number of halogens is 3. The number of H-pyrrole nitrogens is 1. The maximum atomic E-state index is 12.5. The molecule has 2 aromatic rings. The summed E-state index contributed by atoms with van der Waals surface area (Å²) in [7, 11) is 0. The number of carbonyl (C=O) groups is 1. The minimum Gasteiger partial charge on any atom is -0.355 e. The molecule has 0 unspecified atom stereocenters. The van der Waals surface area contributed by atoms with E-state index in [4.69, 9.17) is 0 Å². The average molecular weight is 340 g/mol. The van der Waals surface area contributed by atoms with Crippen LogP contribution in [0.15, 0.2) is 24.7 Å². The zero-order valence-corrected chi connectivity index (χ0v) is 12.5. The summed E-state index contributed by atoms with van der Waals surface area (Å²) in [6.45, 7) is 1.26. The number of aromatic amines is 1. The van der Waals surface area contributed by atoms with Gasteiger partial charge in [-0.15, -0.1) is 0 Å². The highest BCUT2D eigenvalue weighted by Crippen LogP contribution is 2.29. The molecular weight excluding hydrogens is 325 g/mol. The zero-order valence-electron chi connectivity index (χ0n) is 12.5. The van der Waals surface area contributed by atoms with Crippen molar-refractivity contribution in [3.05, 3.63) is 30.4 Å². The highest BCUT2D eigenvalue weighted by molar-refractivity contribution is 5.91. The van der Waals surface area contributed by atoms with Gasteiger partial charge in [0.2, 0.25) is 5.91 Å². The van der Waals surface area contributed by atoms with Crippen molar-refractivity contribution in [2.45, 2.75) is 19.0 Å².